The van der Waals surface area contributed by atoms with Crippen LogP contribution in [0.2, 0.25) is 15.1 Å². The summed E-state index contributed by atoms with van der Waals surface area (Å²) in [6, 6.07) is 6.75. The largest absolute Gasteiger partial charge is 0.270 e. The summed E-state index contributed by atoms with van der Waals surface area (Å²) in [6.45, 7) is 1.57. The molecule has 0 amide bonds. The minimum absolute atomic E-state index is 0.0176. The summed E-state index contributed by atoms with van der Waals surface area (Å²) in [6.07, 6.45) is 0. The lowest BCUT2D eigenvalue weighted by molar-refractivity contribution is -0.384. The number of benzene rings is 2. The van der Waals surface area contributed by atoms with E-state index < -0.39 is 14.9 Å². The van der Waals surface area contributed by atoms with Crippen LogP contribution >= 0.6 is 46.1 Å². The molecule has 0 saturated heterocycles. The molecular weight excluding hydrogens is 469 g/mol. The van der Waals surface area contributed by atoms with Gasteiger partial charge in [0.1, 0.15) is 4.90 Å². The quantitative estimate of drug-likeness (QED) is 0.369. The van der Waals surface area contributed by atoms with E-state index in [1.165, 1.54) is 30.3 Å². The summed E-state index contributed by atoms with van der Waals surface area (Å²) in [5.74, 6) is 0. The molecule has 0 saturated carbocycles. The Kier molecular flexibility index (Phi) is 5.83. The van der Waals surface area contributed by atoms with Crippen molar-refractivity contribution in [2.45, 2.75) is 11.8 Å². The number of hydrogen-bond acceptors (Lipinski definition) is 6. The molecule has 1 aromatic heterocycles. The van der Waals surface area contributed by atoms with Gasteiger partial charge in [-0.3, -0.25) is 14.8 Å². The van der Waals surface area contributed by atoms with Crippen LogP contribution in [0.3, 0.4) is 0 Å². The maximum Gasteiger partial charge on any atom is 0.270 e. The van der Waals surface area contributed by atoms with Crippen LogP contribution in [0.5, 0.6) is 0 Å². The number of nitrogens with one attached hydrogen (secondary N) is 1. The fraction of sp³-hybridized carbons (Fsp3) is 0.0625. The van der Waals surface area contributed by atoms with E-state index in [0.29, 0.717) is 21.8 Å². The molecule has 12 heteroatoms. The third-order valence-corrected chi connectivity index (χ3v) is 7.01. The van der Waals surface area contributed by atoms with Gasteiger partial charge in [0.15, 0.2) is 5.13 Å². The lowest BCUT2D eigenvalue weighted by Gasteiger charge is -2.10. The maximum absolute atomic E-state index is 12.7. The number of nitrogens with zero attached hydrogens (tertiary/aromatic N) is 2. The lowest BCUT2D eigenvalue weighted by Crippen LogP contribution is -2.14. The number of rotatable bonds is 5. The van der Waals surface area contributed by atoms with E-state index in [1.807, 2.05) is 0 Å². The number of nitro benzene ring substituents is 1. The summed E-state index contributed by atoms with van der Waals surface area (Å²) in [5.41, 5.74) is 0.843. The van der Waals surface area contributed by atoms with Crippen molar-refractivity contribution >= 4 is 67.0 Å². The van der Waals surface area contributed by atoms with Gasteiger partial charge in [-0.2, -0.15) is 0 Å². The molecule has 0 bridgehead atoms. The number of sulfonamides is 1. The maximum atomic E-state index is 12.7. The highest BCUT2D eigenvalue weighted by Gasteiger charge is 2.23. The average molecular weight is 479 g/mol. The van der Waals surface area contributed by atoms with Gasteiger partial charge >= 0.3 is 0 Å². The van der Waals surface area contributed by atoms with Gasteiger partial charge in [0, 0.05) is 28.1 Å². The van der Waals surface area contributed by atoms with Crippen molar-refractivity contribution < 1.29 is 13.3 Å². The van der Waals surface area contributed by atoms with Crippen LogP contribution in [-0.2, 0) is 10.0 Å². The molecule has 0 unspecified atom stereocenters. The van der Waals surface area contributed by atoms with Crippen LogP contribution in [0.1, 0.15) is 5.56 Å². The van der Waals surface area contributed by atoms with Crippen molar-refractivity contribution in [1.82, 2.24) is 4.98 Å². The summed E-state index contributed by atoms with van der Waals surface area (Å²) >= 11 is 19.0. The van der Waals surface area contributed by atoms with Gasteiger partial charge < -0.3 is 0 Å². The van der Waals surface area contributed by atoms with Crippen LogP contribution in [0.15, 0.2) is 40.6 Å². The van der Waals surface area contributed by atoms with Gasteiger partial charge in [-0.05, 0) is 30.7 Å². The predicted molar refractivity (Wildman–Crippen MR) is 111 cm³/mol. The molecule has 3 aromatic rings. The Morgan fingerprint density at radius 1 is 1.14 bits per heavy atom. The highest BCUT2D eigenvalue weighted by Crippen LogP contribution is 2.35. The zero-order chi connectivity index (χ0) is 20.6. The van der Waals surface area contributed by atoms with Gasteiger partial charge in [0.25, 0.3) is 15.7 Å². The van der Waals surface area contributed by atoms with Crippen LogP contribution < -0.4 is 4.72 Å². The molecule has 0 aliphatic carbocycles. The lowest BCUT2D eigenvalue weighted by atomic mass is 10.1. The van der Waals surface area contributed by atoms with Crippen molar-refractivity contribution in [3.63, 3.8) is 0 Å². The monoisotopic (exact) mass is 477 g/mol. The molecule has 0 spiro atoms. The molecule has 1 N–H and O–H groups in total. The molecular formula is C16H10Cl3N3O4S2. The van der Waals surface area contributed by atoms with Crippen molar-refractivity contribution in [3.8, 4) is 11.3 Å². The Morgan fingerprint density at radius 2 is 1.86 bits per heavy atom. The van der Waals surface area contributed by atoms with E-state index in [1.54, 1.807) is 12.3 Å². The molecule has 3 rings (SSSR count). The van der Waals surface area contributed by atoms with Crippen LogP contribution in [0, 0.1) is 17.0 Å². The van der Waals surface area contributed by atoms with E-state index in [9.17, 15) is 18.5 Å². The van der Waals surface area contributed by atoms with Crippen molar-refractivity contribution in [2.75, 3.05) is 4.72 Å². The Morgan fingerprint density at radius 3 is 2.50 bits per heavy atom. The third kappa shape index (κ3) is 4.23. The fourth-order valence-electron chi connectivity index (χ4n) is 2.46. The molecule has 0 radical (unpaired) electrons. The molecule has 7 nitrogen and oxygen atoms in total. The number of halogens is 3. The molecule has 0 aliphatic heterocycles. The topological polar surface area (TPSA) is 102 Å². The van der Waals surface area contributed by atoms with E-state index in [4.69, 9.17) is 34.8 Å². The van der Waals surface area contributed by atoms with Gasteiger partial charge in [-0.1, -0.05) is 34.8 Å². The minimum Gasteiger partial charge on any atom is -0.258 e. The summed E-state index contributed by atoms with van der Waals surface area (Å²) < 4.78 is 27.8. The molecule has 0 fully saturated rings. The SMILES string of the molecule is Cc1cc(Cl)cc(Cl)c1S(=O)(=O)Nc1nc(-c2cc([N+](=O)[O-])ccc2Cl)cs1. The smallest absolute Gasteiger partial charge is 0.258 e. The van der Waals surface area contributed by atoms with E-state index in [-0.39, 0.29) is 25.8 Å². The second-order valence-corrected chi connectivity index (χ2v) is 9.33. The zero-order valence-corrected chi connectivity index (χ0v) is 17.8. The molecule has 0 atom stereocenters. The van der Waals surface area contributed by atoms with Gasteiger partial charge in [-0.25, -0.2) is 13.4 Å². The van der Waals surface area contributed by atoms with Crippen LogP contribution in [-0.4, -0.2) is 18.3 Å². The molecule has 28 heavy (non-hydrogen) atoms. The Labute approximate surface area is 179 Å². The zero-order valence-electron chi connectivity index (χ0n) is 13.9. The second-order valence-electron chi connectivity index (χ2n) is 5.60. The second kappa shape index (κ2) is 7.84. The van der Waals surface area contributed by atoms with Crippen molar-refractivity contribution in [3.05, 3.63) is 66.5 Å². The van der Waals surface area contributed by atoms with Gasteiger partial charge in [0.05, 0.1) is 20.7 Å². The molecule has 2 aromatic carbocycles. The summed E-state index contributed by atoms with van der Waals surface area (Å²) in [5, 5.41) is 13.1. The third-order valence-electron chi connectivity index (χ3n) is 3.63. The van der Waals surface area contributed by atoms with Crippen molar-refractivity contribution in [2.24, 2.45) is 0 Å². The molecule has 1 heterocycles. The average Bonchev–Trinajstić information content (AvgIpc) is 3.01. The fourth-order valence-corrected chi connectivity index (χ4v) is 5.83. The Balaban J connectivity index is 1.96. The minimum atomic E-state index is -4.03. The number of non-ortho nitro benzene ring substituents is 1. The number of hydrogen-bond donors (Lipinski definition) is 1. The van der Waals surface area contributed by atoms with E-state index in [0.717, 1.165) is 11.3 Å². The standard InChI is InChI=1S/C16H10Cl3N3O4S2/c1-8-4-9(17)5-13(19)15(8)28(25,26)21-16-20-14(7-27-16)11-6-10(22(23)24)2-3-12(11)18/h2-7H,1H3,(H,20,21). The van der Waals surface area contributed by atoms with Gasteiger partial charge in [0.2, 0.25) is 0 Å². The highest BCUT2D eigenvalue weighted by molar-refractivity contribution is 7.93. The predicted octanol–water partition coefficient (Wildman–Crippen LogP) is 5.79. The van der Waals surface area contributed by atoms with Crippen molar-refractivity contribution in [1.29, 1.82) is 0 Å². The highest BCUT2D eigenvalue weighted by atomic mass is 35.5. The number of aromatic nitrogens is 1. The Hall–Kier alpha value is -1.91. The first kappa shape index (κ1) is 20.8. The number of aryl methyl sites for hydroxylation is 1. The van der Waals surface area contributed by atoms with E-state index >= 15 is 0 Å². The van der Waals surface area contributed by atoms with E-state index in [2.05, 4.69) is 9.71 Å². The number of nitro groups is 1. The van der Waals surface area contributed by atoms with Gasteiger partial charge in [-0.15, -0.1) is 11.3 Å². The summed E-state index contributed by atoms with van der Waals surface area (Å²) in [4.78, 5) is 14.5. The Bertz CT molecular complexity index is 1170. The first-order valence-corrected chi connectivity index (χ1v) is 11.0. The molecule has 0 aliphatic rings. The number of anilines is 1. The molecule has 146 valence electrons. The van der Waals surface area contributed by atoms with Crippen LogP contribution in [0.25, 0.3) is 11.3 Å². The first-order valence-electron chi connectivity index (χ1n) is 7.47. The van der Waals surface area contributed by atoms with Crippen LogP contribution in [0.4, 0.5) is 10.8 Å². The first-order chi connectivity index (χ1) is 13.1. The number of thiazole rings is 1. The normalized spacial score (nSPS) is 11.4. The summed E-state index contributed by atoms with van der Waals surface area (Å²) in [7, 11) is -4.03.